The molecule has 0 radical (unpaired) electrons. The van der Waals surface area contributed by atoms with Crippen molar-refractivity contribution in [1.29, 1.82) is 0 Å². The molecule has 3 rings (SSSR count). The first-order chi connectivity index (χ1) is 11.5. The van der Waals surface area contributed by atoms with E-state index in [-0.39, 0.29) is 19.6 Å². The second-order valence-electron chi connectivity index (χ2n) is 6.68. The molecule has 0 amide bonds. The summed E-state index contributed by atoms with van der Waals surface area (Å²) < 4.78 is 65.0. The molecule has 0 spiro atoms. The third-order valence-electron chi connectivity index (χ3n) is 4.97. The Morgan fingerprint density at radius 3 is 2.52 bits per heavy atom. The summed E-state index contributed by atoms with van der Waals surface area (Å²) in [6, 6.07) is 3.51. The van der Waals surface area contributed by atoms with Crippen molar-refractivity contribution < 1.29 is 31.5 Å². The molecule has 0 saturated carbocycles. The number of sulfonamides is 1. The maximum atomic E-state index is 12.8. The van der Waals surface area contributed by atoms with Gasteiger partial charge in [0.1, 0.15) is 0 Å². The van der Waals surface area contributed by atoms with E-state index in [9.17, 15) is 31.5 Å². The molecule has 2 aliphatic heterocycles. The lowest BCUT2D eigenvalue weighted by atomic mass is 9.81. The molecule has 1 N–H and O–H groups in total. The number of likely N-dealkylation sites (tertiary alicyclic amines) is 1. The fourth-order valence-corrected chi connectivity index (χ4v) is 5.34. The highest BCUT2D eigenvalue weighted by atomic mass is 32.2. The SMILES string of the molecule is CN1C[C@H]2CN(S(=O)(=O)c3cccc(C(F)(F)F)c3)C[C@@]2(C(=O)O)C1. The second-order valence-corrected chi connectivity index (χ2v) is 8.62. The molecule has 138 valence electrons. The molecule has 2 fully saturated rings. The molecule has 0 aromatic heterocycles. The first-order valence-electron chi connectivity index (χ1n) is 7.56. The van der Waals surface area contributed by atoms with Crippen LogP contribution in [0.15, 0.2) is 29.2 Å². The minimum absolute atomic E-state index is 0.0186. The molecule has 2 aliphatic rings. The van der Waals surface area contributed by atoms with Gasteiger partial charge in [-0.1, -0.05) is 6.07 Å². The van der Waals surface area contributed by atoms with Crippen LogP contribution in [0, 0.1) is 11.3 Å². The first-order valence-corrected chi connectivity index (χ1v) is 9.00. The minimum Gasteiger partial charge on any atom is -0.481 e. The van der Waals surface area contributed by atoms with Crippen LogP contribution in [0.1, 0.15) is 5.56 Å². The van der Waals surface area contributed by atoms with Crippen LogP contribution in [-0.2, 0) is 21.0 Å². The van der Waals surface area contributed by atoms with Gasteiger partial charge in [-0.3, -0.25) is 4.79 Å². The van der Waals surface area contributed by atoms with Crippen LogP contribution in [0.25, 0.3) is 0 Å². The number of carbonyl (C=O) groups is 1. The van der Waals surface area contributed by atoms with Crippen molar-refractivity contribution in [3.05, 3.63) is 29.8 Å². The van der Waals surface area contributed by atoms with Crippen LogP contribution in [0.5, 0.6) is 0 Å². The Balaban J connectivity index is 1.94. The summed E-state index contributed by atoms with van der Waals surface area (Å²) in [6.45, 7) is 0.383. The summed E-state index contributed by atoms with van der Waals surface area (Å²) in [4.78, 5) is 13.1. The zero-order valence-corrected chi connectivity index (χ0v) is 14.1. The van der Waals surface area contributed by atoms with E-state index in [2.05, 4.69) is 0 Å². The lowest BCUT2D eigenvalue weighted by Gasteiger charge is -2.24. The van der Waals surface area contributed by atoms with Gasteiger partial charge in [0.25, 0.3) is 0 Å². The topological polar surface area (TPSA) is 77.9 Å². The molecule has 0 aliphatic carbocycles. The number of fused-ring (bicyclic) bond motifs is 1. The zero-order valence-electron chi connectivity index (χ0n) is 13.3. The van der Waals surface area contributed by atoms with E-state index in [1.54, 1.807) is 7.05 Å². The number of halogens is 3. The average molecular weight is 378 g/mol. The van der Waals surface area contributed by atoms with Crippen LogP contribution < -0.4 is 0 Å². The van der Waals surface area contributed by atoms with Crippen molar-refractivity contribution >= 4 is 16.0 Å². The number of nitrogens with zero attached hydrogens (tertiary/aromatic N) is 2. The van der Waals surface area contributed by atoms with Gasteiger partial charge in [0.05, 0.1) is 15.9 Å². The number of carboxylic acids is 1. The van der Waals surface area contributed by atoms with Crippen molar-refractivity contribution in [3.8, 4) is 0 Å². The van der Waals surface area contributed by atoms with Gasteiger partial charge in [0, 0.05) is 32.1 Å². The Morgan fingerprint density at radius 2 is 1.96 bits per heavy atom. The Labute approximate surface area is 142 Å². The van der Waals surface area contributed by atoms with Gasteiger partial charge in [0.15, 0.2) is 0 Å². The second kappa shape index (κ2) is 5.68. The molecular formula is C15H17F3N2O4S. The number of rotatable bonds is 3. The summed E-state index contributed by atoms with van der Waals surface area (Å²) in [6.07, 6.45) is -4.65. The van der Waals surface area contributed by atoms with Crippen LogP contribution in [0.2, 0.25) is 0 Å². The van der Waals surface area contributed by atoms with Crippen molar-refractivity contribution in [2.24, 2.45) is 11.3 Å². The van der Waals surface area contributed by atoms with Gasteiger partial charge in [-0.2, -0.15) is 17.5 Å². The maximum Gasteiger partial charge on any atom is 0.416 e. The zero-order chi connectivity index (χ0) is 18.6. The first kappa shape index (κ1) is 18.2. The molecule has 2 heterocycles. The Bertz CT molecular complexity index is 811. The molecule has 2 atom stereocenters. The third kappa shape index (κ3) is 2.91. The van der Waals surface area contributed by atoms with Gasteiger partial charge in [-0.05, 0) is 25.2 Å². The van der Waals surface area contributed by atoms with Crippen LogP contribution in [-0.4, -0.2) is 61.9 Å². The maximum absolute atomic E-state index is 12.8. The number of aliphatic carboxylic acids is 1. The van der Waals surface area contributed by atoms with Gasteiger partial charge < -0.3 is 10.0 Å². The fraction of sp³-hybridized carbons (Fsp3) is 0.533. The predicted molar refractivity (Wildman–Crippen MR) is 81.3 cm³/mol. The molecule has 0 unspecified atom stereocenters. The summed E-state index contributed by atoms with van der Waals surface area (Å²) in [5.41, 5.74) is -2.27. The predicted octanol–water partition coefficient (Wildman–Crippen LogP) is 1.34. The standard InChI is InChI=1S/C15H17F3N2O4S/c1-19-6-11-7-20(9-14(11,8-19)13(21)22)25(23,24)12-4-2-3-10(5-12)15(16,17)18/h2-5,11H,6-9H2,1H3,(H,21,22)/t11-,14-/m0/s1. The number of alkyl halides is 3. The van der Waals surface area contributed by atoms with Crippen LogP contribution >= 0.6 is 0 Å². The van der Waals surface area contributed by atoms with Crippen LogP contribution in [0.3, 0.4) is 0 Å². The smallest absolute Gasteiger partial charge is 0.416 e. The summed E-state index contributed by atoms with van der Waals surface area (Å²) >= 11 is 0. The fourth-order valence-electron chi connectivity index (χ4n) is 3.74. The number of benzene rings is 1. The third-order valence-corrected chi connectivity index (χ3v) is 6.78. The van der Waals surface area contributed by atoms with Crippen molar-refractivity contribution in [3.63, 3.8) is 0 Å². The lowest BCUT2D eigenvalue weighted by molar-refractivity contribution is -0.148. The Hall–Kier alpha value is -1.65. The number of hydrogen-bond acceptors (Lipinski definition) is 4. The van der Waals surface area contributed by atoms with Crippen molar-refractivity contribution in [2.75, 3.05) is 33.2 Å². The van der Waals surface area contributed by atoms with E-state index >= 15 is 0 Å². The normalized spacial score (nSPS) is 28.2. The van der Waals surface area contributed by atoms with Gasteiger partial charge >= 0.3 is 12.1 Å². The molecule has 0 bridgehead atoms. The van der Waals surface area contributed by atoms with E-state index in [0.717, 1.165) is 22.5 Å². The number of carboxylic acid groups (broad SMARTS) is 1. The molecule has 2 saturated heterocycles. The van der Waals surface area contributed by atoms with Crippen molar-refractivity contribution in [1.82, 2.24) is 9.21 Å². The highest BCUT2D eigenvalue weighted by molar-refractivity contribution is 7.89. The van der Waals surface area contributed by atoms with Crippen LogP contribution in [0.4, 0.5) is 13.2 Å². The molecule has 10 heteroatoms. The quantitative estimate of drug-likeness (QED) is 0.859. The Morgan fingerprint density at radius 1 is 1.28 bits per heavy atom. The lowest BCUT2D eigenvalue weighted by Crippen LogP contribution is -2.41. The van der Waals surface area contributed by atoms with E-state index in [0.29, 0.717) is 12.6 Å². The largest absolute Gasteiger partial charge is 0.481 e. The molecule has 1 aromatic rings. The van der Waals surface area contributed by atoms with E-state index in [1.165, 1.54) is 0 Å². The monoisotopic (exact) mass is 378 g/mol. The number of hydrogen-bond donors (Lipinski definition) is 1. The van der Waals surface area contributed by atoms with Gasteiger partial charge in [-0.15, -0.1) is 0 Å². The van der Waals surface area contributed by atoms with Gasteiger partial charge in [-0.25, -0.2) is 8.42 Å². The van der Waals surface area contributed by atoms with E-state index in [4.69, 9.17) is 0 Å². The van der Waals surface area contributed by atoms with Crippen molar-refractivity contribution in [2.45, 2.75) is 11.1 Å². The molecular weight excluding hydrogens is 361 g/mol. The Kier molecular flexibility index (Phi) is 4.12. The van der Waals surface area contributed by atoms with E-state index in [1.807, 2.05) is 4.90 Å². The van der Waals surface area contributed by atoms with Gasteiger partial charge in [0.2, 0.25) is 10.0 Å². The highest BCUT2D eigenvalue weighted by Gasteiger charge is 2.59. The molecule has 25 heavy (non-hydrogen) atoms. The highest BCUT2D eigenvalue weighted by Crippen LogP contribution is 2.44. The average Bonchev–Trinajstić information content (AvgIpc) is 3.01. The molecule has 1 aromatic carbocycles. The summed E-state index contributed by atoms with van der Waals surface area (Å²) in [7, 11) is -2.44. The molecule has 6 nitrogen and oxygen atoms in total. The minimum atomic E-state index is -4.65. The van der Waals surface area contributed by atoms with E-state index < -0.39 is 44.0 Å². The summed E-state index contributed by atoms with van der Waals surface area (Å²) in [5, 5.41) is 9.60. The summed E-state index contributed by atoms with van der Waals surface area (Å²) in [5.74, 6) is -1.47.